The van der Waals surface area contributed by atoms with Gasteiger partial charge in [-0.25, -0.2) is 15.0 Å². The van der Waals surface area contributed by atoms with Gasteiger partial charge in [-0.1, -0.05) is 140 Å². The molecule has 0 spiro atoms. The van der Waals surface area contributed by atoms with Gasteiger partial charge < -0.3 is 4.57 Å². The van der Waals surface area contributed by atoms with Crippen molar-refractivity contribution in [1.82, 2.24) is 19.5 Å². The molecule has 0 aliphatic rings. The first kappa shape index (κ1) is 38.6. The van der Waals surface area contributed by atoms with E-state index in [9.17, 15) is 0 Å². The minimum Gasteiger partial charge on any atom is -0.308 e. The van der Waals surface area contributed by atoms with Gasteiger partial charge in [0.05, 0.1) is 16.7 Å². The molecule has 5 heterocycles. The molecule has 11 aromatic carbocycles. The number of thiophene rings is 3. The van der Waals surface area contributed by atoms with E-state index in [0.717, 1.165) is 33.4 Å². The molecule has 324 valence electrons. The Kier molecular flexibility index (Phi) is 8.05. The summed E-state index contributed by atoms with van der Waals surface area (Å²) in [5.74, 6) is 1.93. The number of nitrogens with zero attached hydrogens (tertiary/aromatic N) is 4. The van der Waals surface area contributed by atoms with Crippen LogP contribution in [0.4, 0.5) is 0 Å². The predicted molar refractivity (Wildman–Crippen MR) is 302 cm³/mol. The van der Waals surface area contributed by atoms with Crippen molar-refractivity contribution in [2.24, 2.45) is 0 Å². The van der Waals surface area contributed by atoms with E-state index in [4.69, 9.17) is 15.0 Å². The molecule has 4 nitrogen and oxygen atoms in total. The van der Waals surface area contributed by atoms with E-state index in [-0.39, 0.29) is 0 Å². The lowest BCUT2D eigenvalue weighted by atomic mass is 10.0. The molecule has 0 fully saturated rings. The maximum absolute atomic E-state index is 5.47. The number of fused-ring (bicyclic) bond motifs is 16. The molecule has 0 saturated carbocycles. The Labute approximate surface area is 411 Å². The van der Waals surface area contributed by atoms with Gasteiger partial charge in [-0.3, -0.25) is 0 Å². The van der Waals surface area contributed by atoms with Crippen LogP contribution in [0.15, 0.2) is 206 Å². The van der Waals surface area contributed by atoms with E-state index < -0.39 is 0 Å². The van der Waals surface area contributed by atoms with Gasteiger partial charge in [0.2, 0.25) is 0 Å². The average Bonchev–Trinajstić information content (AvgIpc) is 4.17. The van der Waals surface area contributed by atoms with E-state index >= 15 is 0 Å². The zero-order chi connectivity index (χ0) is 45.6. The van der Waals surface area contributed by atoms with E-state index in [1.54, 1.807) is 0 Å². The molecule has 0 bridgehead atoms. The van der Waals surface area contributed by atoms with Crippen molar-refractivity contribution in [2.75, 3.05) is 0 Å². The molecule has 16 aromatic rings. The zero-order valence-corrected chi connectivity index (χ0v) is 39.6. The first-order valence-electron chi connectivity index (χ1n) is 23.5. The fourth-order valence-electron chi connectivity index (χ4n) is 11.1. The van der Waals surface area contributed by atoms with Crippen LogP contribution in [0.5, 0.6) is 0 Å². The third kappa shape index (κ3) is 5.71. The molecule has 7 heteroatoms. The Morgan fingerprint density at radius 3 is 1.39 bits per heavy atom. The summed E-state index contributed by atoms with van der Waals surface area (Å²) in [5.41, 5.74) is 6.28. The van der Waals surface area contributed by atoms with Gasteiger partial charge in [0, 0.05) is 88.0 Å². The molecule has 0 aliphatic carbocycles. The number of hydrogen-bond acceptors (Lipinski definition) is 6. The zero-order valence-electron chi connectivity index (χ0n) is 37.1. The van der Waals surface area contributed by atoms with Gasteiger partial charge in [0.15, 0.2) is 17.5 Å². The molecule has 70 heavy (non-hydrogen) atoms. The summed E-state index contributed by atoms with van der Waals surface area (Å²) < 4.78 is 9.90. The maximum Gasteiger partial charge on any atom is 0.164 e. The molecule has 0 amide bonds. The highest BCUT2D eigenvalue weighted by Gasteiger charge is 2.23. The summed E-state index contributed by atoms with van der Waals surface area (Å²) in [6, 6.07) is 75.7. The van der Waals surface area contributed by atoms with Crippen molar-refractivity contribution in [3.05, 3.63) is 206 Å². The maximum atomic E-state index is 5.47. The summed E-state index contributed by atoms with van der Waals surface area (Å²) >= 11 is 5.46. The Bertz CT molecular complexity index is 4780. The second-order valence-electron chi connectivity index (χ2n) is 18.3. The molecule has 16 rings (SSSR count). The van der Waals surface area contributed by atoms with Crippen LogP contribution in [0.2, 0.25) is 0 Å². The smallest absolute Gasteiger partial charge is 0.164 e. The highest BCUT2D eigenvalue weighted by molar-refractivity contribution is 7.26. The van der Waals surface area contributed by atoms with Crippen molar-refractivity contribution in [2.45, 2.75) is 0 Å². The minimum atomic E-state index is 0.635. The molecule has 0 atom stereocenters. The number of hydrogen-bond donors (Lipinski definition) is 0. The molecule has 5 aromatic heterocycles. The molecule has 0 radical (unpaired) electrons. The summed E-state index contributed by atoms with van der Waals surface area (Å²) in [4.78, 5) is 16.3. The van der Waals surface area contributed by atoms with Crippen LogP contribution in [0.25, 0.3) is 154 Å². The Morgan fingerprint density at radius 1 is 0.271 bits per heavy atom. The number of aromatic nitrogens is 4. The van der Waals surface area contributed by atoms with Gasteiger partial charge >= 0.3 is 0 Å². The first-order valence-corrected chi connectivity index (χ1v) is 25.9. The number of rotatable bonds is 4. The van der Waals surface area contributed by atoms with Crippen molar-refractivity contribution >= 4 is 149 Å². The van der Waals surface area contributed by atoms with Gasteiger partial charge in [0.25, 0.3) is 0 Å². The monoisotopic (exact) mass is 942 g/mol. The van der Waals surface area contributed by atoms with Crippen LogP contribution in [-0.2, 0) is 0 Å². The largest absolute Gasteiger partial charge is 0.308 e. The summed E-state index contributed by atoms with van der Waals surface area (Å²) in [7, 11) is 0. The number of benzene rings is 11. The second kappa shape index (κ2) is 14.6. The van der Waals surface area contributed by atoms with Gasteiger partial charge in [-0.15, -0.1) is 34.0 Å². The van der Waals surface area contributed by atoms with Gasteiger partial charge in [0.1, 0.15) is 0 Å². The third-order valence-corrected chi connectivity index (χ3v) is 17.7. The van der Waals surface area contributed by atoms with Crippen LogP contribution >= 0.6 is 34.0 Å². The topological polar surface area (TPSA) is 43.6 Å². The van der Waals surface area contributed by atoms with E-state index in [0.29, 0.717) is 17.5 Å². The fourth-order valence-corrected chi connectivity index (χ4v) is 14.6. The van der Waals surface area contributed by atoms with Crippen molar-refractivity contribution in [3.8, 4) is 39.9 Å². The van der Waals surface area contributed by atoms with Crippen molar-refractivity contribution in [3.63, 3.8) is 0 Å². The molecule has 0 aliphatic heterocycles. The lowest BCUT2D eigenvalue weighted by molar-refractivity contribution is 1.07. The van der Waals surface area contributed by atoms with Crippen LogP contribution < -0.4 is 0 Å². The second-order valence-corrected chi connectivity index (χ2v) is 21.6. The Hall–Kier alpha value is -8.33. The summed E-state index contributed by atoms with van der Waals surface area (Å²) in [6.45, 7) is 0. The van der Waals surface area contributed by atoms with Crippen molar-refractivity contribution < 1.29 is 0 Å². The lowest BCUT2D eigenvalue weighted by Crippen LogP contribution is -2.01. The van der Waals surface area contributed by atoms with Crippen LogP contribution in [0, 0.1) is 0 Å². The molecule has 0 unspecified atom stereocenters. The fraction of sp³-hybridized carbons (Fsp3) is 0. The first-order chi connectivity index (χ1) is 34.6. The molecular formula is C63H34N4S3. The summed E-state index contributed by atoms with van der Waals surface area (Å²) in [5, 5.41) is 17.3. The normalized spacial score (nSPS) is 12.3. The Balaban J connectivity index is 1.01. The van der Waals surface area contributed by atoms with E-state index in [1.165, 1.54) is 104 Å². The standard InChI is InChI=1S/C63H34N4S3/c1-3-14-38-29-51-48(27-36(38)12-1)59-43-16-6-5-11-35(43)23-26-50(59)67(51)52-30-42(34-58-60(52)49-28-37-13-2-4-15-39(37)31-57(49)70-58)63-65-61(40-21-24-46-44-17-7-9-19-53(44)68-55(46)32-40)64-62(66-63)41-22-25-47-45-18-8-10-20-54(45)69-56(47)33-41/h1-34H. The average molecular weight is 943 g/mol. The SMILES string of the molecule is c1ccc2cc3c(cc2c1)sc1cc(-c2nc(-c4ccc5c(c4)sc4ccccc45)nc(-c4ccc5c(c4)sc4ccccc45)n2)cc(-n2c4cc5ccccc5cc4c4c5ccccc5ccc42)c13. The highest BCUT2D eigenvalue weighted by atomic mass is 32.1. The highest BCUT2D eigenvalue weighted by Crippen LogP contribution is 2.47. The van der Waals surface area contributed by atoms with Gasteiger partial charge in [-0.2, -0.15) is 0 Å². The molecule has 0 N–H and O–H groups in total. The predicted octanol–water partition coefficient (Wildman–Crippen LogP) is 18.5. The van der Waals surface area contributed by atoms with Crippen LogP contribution in [-0.4, -0.2) is 19.5 Å². The van der Waals surface area contributed by atoms with Crippen molar-refractivity contribution in [1.29, 1.82) is 0 Å². The molecule has 0 saturated heterocycles. The Morgan fingerprint density at radius 2 is 0.743 bits per heavy atom. The summed E-state index contributed by atoms with van der Waals surface area (Å²) in [6.07, 6.45) is 0. The molecular weight excluding hydrogens is 909 g/mol. The van der Waals surface area contributed by atoms with E-state index in [1.807, 2.05) is 34.0 Å². The van der Waals surface area contributed by atoms with Crippen LogP contribution in [0.3, 0.4) is 0 Å². The minimum absolute atomic E-state index is 0.635. The third-order valence-electron chi connectivity index (χ3n) is 14.3. The quantitative estimate of drug-likeness (QED) is 0.177. The van der Waals surface area contributed by atoms with Gasteiger partial charge in [-0.05, 0) is 99.0 Å². The van der Waals surface area contributed by atoms with E-state index in [2.05, 4.69) is 211 Å². The lowest BCUT2D eigenvalue weighted by Gasteiger charge is -2.14. The van der Waals surface area contributed by atoms with Crippen LogP contribution in [0.1, 0.15) is 0 Å².